The summed E-state index contributed by atoms with van der Waals surface area (Å²) in [6.07, 6.45) is -2.04. The molecule has 1 aliphatic rings. The van der Waals surface area contributed by atoms with Crippen LogP contribution in [0.4, 0.5) is 13.2 Å². The second-order valence-corrected chi connectivity index (χ2v) is 9.83. The van der Waals surface area contributed by atoms with E-state index < -0.39 is 11.7 Å². The second kappa shape index (κ2) is 10.8. The van der Waals surface area contributed by atoms with Gasteiger partial charge < -0.3 is 4.90 Å². The number of aromatic nitrogens is 3. The van der Waals surface area contributed by atoms with Gasteiger partial charge in [0.1, 0.15) is 5.82 Å². The van der Waals surface area contributed by atoms with E-state index in [0.29, 0.717) is 34.4 Å². The summed E-state index contributed by atoms with van der Waals surface area (Å²) >= 11 is 1.35. The molecule has 0 spiro atoms. The van der Waals surface area contributed by atoms with Gasteiger partial charge in [0.05, 0.1) is 11.3 Å². The summed E-state index contributed by atoms with van der Waals surface area (Å²) in [5.74, 6) is 0.977. The molecule has 0 atom stereocenters. The average Bonchev–Trinajstić information content (AvgIpc) is 3.58. The lowest BCUT2D eigenvalue weighted by Gasteiger charge is -2.17. The minimum absolute atomic E-state index is 0.0119. The Morgan fingerprint density at radius 3 is 2.38 bits per heavy atom. The molecule has 1 amide bonds. The molecule has 3 aromatic carbocycles. The lowest BCUT2D eigenvalue weighted by molar-refractivity contribution is -0.137. The van der Waals surface area contributed by atoms with Crippen molar-refractivity contribution in [1.82, 2.24) is 19.7 Å². The highest BCUT2D eigenvalue weighted by molar-refractivity contribution is 7.98. The first-order chi connectivity index (χ1) is 17.9. The second-order valence-electron chi connectivity index (χ2n) is 8.89. The van der Waals surface area contributed by atoms with Gasteiger partial charge in [-0.15, -0.1) is 10.2 Å². The van der Waals surface area contributed by atoms with Crippen molar-refractivity contribution in [3.8, 4) is 5.69 Å². The van der Waals surface area contributed by atoms with E-state index in [4.69, 9.17) is 0 Å². The highest BCUT2D eigenvalue weighted by atomic mass is 32.2. The molecular weight excluding hydrogens is 497 g/mol. The Balaban J connectivity index is 1.47. The molecule has 1 aliphatic heterocycles. The predicted molar refractivity (Wildman–Crippen MR) is 137 cm³/mol. The Kier molecular flexibility index (Phi) is 7.32. The number of halogens is 3. The van der Waals surface area contributed by atoms with Crippen molar-refractivity contribution < 1.29 is 18.0 Å². The van der Waals surface area contributed by atoms with E-state index in [2.05, 4.69) is 10.2 Å². The van der Waals surface area contributed by atoms with Gasteiger partial charge in [-0.3, -0.25) is 9.36 Å². The average molecular weight is 523 g/mol. The first-order valence-electron chi connectivity index (χ1n) is 12.1. The lowest BCUT2D eigenvalue weighted by Crippen LogP contribution is -2.28. The first-order valence-corrected chi connectivity index (χ1v) is 13.0. The number of likely N-dealkylation sites (tertiary alicyclic amines) is 1. The SMILES string of the molecule is O=C(c1ccccc1CSc1nnc(Cc2ccccc2)n1-c1cccc(C(F)(F)F)c1)N1CCCC1. The largest absolute Gasteiger partial charge is 0.416 e. The quantitative estimate of drug-likeness (QED) is 0.264. The zero-order valence-corrected chi connectivity index (χ0v) is 20.8. The van der Waals surface area contributed by atoms with Crippen molar-refractivity contribution in [2.45, 2.75) is 36.3 Å². The fourth-order valence-corrected chi connectivity index (χ4v) is 5.43. The van der Waals surface area contributed by atoms with Gasteiger partial charge in [0.25, 0.3) is 5.91 Å². The lowest BCUT2D eigenvalue weighted by atomic mass is 10.1. The van der Waals surface area contributed by atoms with Crippen molar-refractivity contribution in [2.75, 3.05) is 13.1 Å². The van der Waals surface area contributed by atoms with Crippen molar-refractivity contribution in [1.29, 1.82) is 0 Å². The molecule has 0 N–H and O–H groups in total. The van der Waals surface area contributed by atoms with Crippen LogP contribution in [0, 0.1) is 0 Å². The van der Waals surface area contributed by atoms with Crippen LogP contribution >= 0.6 is 11.8 Å². The van der Waals surface area contributed by atoms with Crippen LogP contribution in [0.2, 0.25) is 0 Å². The number of rotatable bonds is 7. The summed E-state index contributed by atoms with van der Waals surface area (Å²) in [6.45, 7) is 1.51. The fraction of sp³-hybridized carbons (Fsp3) is 0.250. The zero-order valence-electron chi connectivity index (χ0n) is 20.0. The number of amides is 1. The van der Waals surface area contributed by atoms with E-state index in [1.165, 1.54) is 17.8 Å². The summed E-state index contributed by atoms with van der Waals surface area (Å²) in [6, 6.07) is 22.3. The van der Waals surface area contributed by atoms with Crippen LogP contribution < -0.4 is 0 Å². The molecule has 0 unspecified atom stereocenters. The maximum atomic E-state index is 13.5. The molecule has 0 aliphatic carbocycles. The van der Waals surface area contributed by atoms with Crippen LogP contribution in [0.25, 0.3) is 5.69 Å². The molecule has 1 fully saturated rings. The normalized spacial score (nSPS) is 13.8. The van der Waals surface area contributed by atoms with Gasteiger partial charge in [0, 0.05) is 30.8 Å². The monoisotopic (exact) mass is 522 g/mol. The zero-order chi connectivity index (χ0) is 25.8. The minimum atomic E-state index is -4.47. The number of carbonyl (C=O) groups excluding carboxylic acids is 1. The number of alkyl halides is 3. The Morgan fingerprint density at radius 2 is 1.62 bits per heavy atom. The van der Waals surface area contributed by atoms with Gasteiger partial charge in [0.15, 0.2) is 5.16 Å². The summed E-state index contributed by atoms with van der Waals surface area (Å²) in [7, 11) is 0. The van der Waals surface area contributed by atoms with E-state index in [-0.39, 0.29) is 5.91 Å². The minimum Gasteiger partial charge on any atom is -0.339 e. The molecule has 4 aromatic rings. The molecule has 5 rings (SSSR count). The predicted octanol–water partition coefficient (Wildman–Crippen LogP) is 6.41. The van der Waals surface area contributed by atoms with Crippen LogP contribution in [0.3, 0.4) is 0 Å². The molecule has 1 aromatic heterocycles. The molecule has 0 saturated carbocycles. The first kappa shape index (κ1) is 25.1. The molecule has 1 saturated heterocycles. The molecule has 2 heterocycles. The smallest absolute Gasteiger partial charge is 0.339 e. The molecule has 190 valence electrons. The van der Waals surface area contributed by atoms with Crippen molar-refractivity contribution in [2.24, 2.45) is 0 Å². The standard InChI is InChI=1S/C28H25F3N4OS/c29-28(30,31)22-12-8-13-23(18-22)35-25(17-20-9-2-1-3-10-20)32-33-27(35)37-19-21-11-4-5-14-24(21)26(36)34-15-6-7-16-34/h1-5,8-14,18H,6-7,15-17,19H2. The summed E-state index contributed by atoms with van der Waals surface area (Å²) in [5.41, 5.74) is 2.08. The van der Waals surface area contributed by atoms with Gasteiger partial charge in [-0.25, -0.2) is 0 Å². The third-order valence-electron chi connectivity index (χ3n) is 6.33. The number of thioether (sulfide) groups is 1. The van der Waals surface area contributed by atoms with Crippen LogP contribution in [0.15, 0.2) is 84.0 Å². The van der Waals surface area contributed by atoms with Gasteiger partial charge in [-0.2, -0.15) is 13.2 Å². The molecule has 0 radical (unpaired) electrons. The Morgan fingerprint density at radius 1 is 0.892 bits per heavy atom. The van der Waals surface area contributed by atoms with Gasteiger partial charge >= 0.3 is 6.18 Å². The number of benzene rings is 3. The molecule has 0 bridgehead atoms. The Bertz CT molecular complexity index is 1380. The van der Waals surface area contributed by atoms with E-state index in [9.17, 15) is 18.0 Å². The number of hydrogen-bond acceptors (Lipinski definition) is 4. The van der Waals surface area contributed by atoms with Crippen molar-refractivity contribution in [3.63, 3.8) is 0 Å². The maximum absolute atomic E-state index is 13.5. The van der Waals surface area contributed by atoms with Crippen LogP contribution in [-0.4, -0.2) is 38.7 Å². The van der Waals surface area contributed by atoms with Crippen LogP contribution in [0.5, 0.6) is 0 Å². The molecular formula is C28H25F3N4OS. The van der Waals surface area contributed by atoms with E-state index in [0.717, 1.165) is 49.2 Å². The highest BCUT2D eigenvalue weighted by Gasteiger charge is 2.31. The Hall–Kier alpha value is -3.59. The summed E-state index contributed by atoms with van der Waals surface area (Å²) in [4.78, 5) is 15.0. The van der Waals surface area contributed by atoms with Crippen molar-refractivity contribution >= 4 is 17.7 Å². The molecule has 5 nitrogen and oxygen atoms in total. The van der Waals surface area contributed by atoms with E-state index >= 15 is 0 Å². The Labute approximate surface area is 217 Å². The number of carbonyl (C=O) groups is 1. The third-order valence-corrected chi connectivity index (χ3v) is 7.31. The highest BCUT2D eigenvalue weighted by Crippen LogP contribution is 2.33. The third kappa shape index (κ3) is 5.72. The van der Waals surface area contributed by atoms with Gasteiger partial charge in [0.2, 0.25) is 0 Å². The van der Waals surface area contributed by atoms with Gasteiger partial charge in [-0.1, -0.05) is 66.4 Å². The molecule has 37 heavy (non-hydrogen) atoms. The topological polar surface area (TPSA) is 51.0 Å². The van der Waals surface area contributed by atoms with Crippen molar-refractivity contribution in [3.05, 3.63) is 107 Å². The summed E-state index contributed by atoms with van der Waals surface area (Å²) in [5, 5.41) is 9.16. The molecule has 9 heteroatoms. The number of hydrogen-bond donors (Lipinski definition) is 0. The fourth-order valence-electron chi connectivity index (χ4n) is 4.46. The maximum Gasteiger partial charge on any atom is 0.416 e. The number of nitrogens with zero attached hydrogens (tertiary/aromatic N) is 4. The van der Waals surface area contributed by atoms with Crippen LogP contribution in [0.1, 0.15) is 45.7 Å². The van der Waals surface area contributed by atoms with Gasteiger partial charge in [-0.05, 0) is 48.2 Å². The van der Waals surface area contributed by atoms with E-state index in [1.54, 1.807) is 10.6 Å². The van der Waals surface area contributed by atoms with Crippen LogP contribution in [-0.2, 0) is 18.3 Å². The summed E-state index contributed by atoms with van der Waals surface area (Å²) < 4.78 is 42.2. The van der Waals surface area contributed by atoms with E-state index in [1.807, 2.05) is 59.5 Å².